The van der Waals surface area contributed by atoms with Crippen molar-refractivity contribution in [2.24, 2.45) is 0 Å². The minimum Gasteiger partial charge on any atom is -0.269 e. The van der Waals surface area contributed by atoms with Crippen molar-refractivity contribution in [2.75, 3.05) is 11.4 Å². The van der Waals surface area contributed by atoms with Crippen LogP contribution >= 0.6 is 0 Å². The predicted octanol–water partition coefficient (Wildman–Crippen LogP) is 3.54. The van der Waals surface area contributed by atoms with Crippen LogP contribution in [0.1, 0.15) is 25.3 Å². The third-order valence-corrected chi connectivity index (χ3v) is 5.43. The molecule has 0 unspecified atom stereocenters. The Hall–Kier alpha value is -2.41. The number of anilines is 1. The van der Waals surface area contributed by atoms with Crippen molar-refractivity contribution in [3.63, 3.8) is 0 Å². The van der Waals surface area contributed by atoms with Gasteiger partial charge in [-0.3, -0.25) is 14.4 Å². The van der Waals surface area contributed by atoms with Crippen molar-refractivity contribution in [2.45, 2.75) is 24.7 Å². The number of hydrogen-bond donors (Lipinski definition) is 0. The lowest BCUT2D eigenvalue weighted by Gasteiger charge is -2.20. The van der Waals surface area contributed by atoms with E-state index in [1.807, 2.05) is 12.1 Å². The number of nitrogens with zero attached hydrogens (tertiary/aromatic N) is 2. The fourth-order valence-electron chi connectivity index (χ4n) is 2.11. The maximum atomic E-state index is 12.6. The van der Waals surface area contributed by atoms with Crippen molar-refractivity contribution in [1.29, 1.82) is 0 Å². The molecule has 0 aromatic heterocycles. The van der Waals surface area contributed by atoms with Crippen LogP contribution in [0.3, 0.4) is 0 Å². The van der Waals surface area contributed by atoms with Crippen LogP contribution in [-0.2, 0) is 10.0 Å². The number of nitro groups is 1. The van der Waals surface area contributed by atoms with Crippen molar-refractivity contribution in [1.82, 2.24) is 0 Å². The van der Waals surface area contributed by atoms with Crippen LogP contribution in [-0.4, -0.2) is 20.4 Å². The average Bonchev–Trinajstić information content (AvgIpc) is 2.54. The van der Waals surface area contributed by atoms with Gasteiger partial charge in [0.05, 0.1) is 15.5 Å². The van der Waals surface area contributed by atoms with Gasteiger partial charge in [0, 0.05) is 19.2 Å². The molecule has 0 saturated heterocycles. The van der Waals surface area contributed by atoms with E-state index in [4.69, 9.17) is 0 Å². The molecule has 2 aromatic carbocycles. The first-order chi connectivity index (χ1) is 10.7. The van der Waals surface area contributed by atoms with Gasteiger partial charge in [-0.05, 0) is 35.7 Å². The molecule has 23 heavy (non-hydrogen) atoms. The molecule has 0 aliphatic heterocycles. The lowest BCUT2D eigenvalue weighted by Crippen LogP contribution is -2.26. The molecule has 0 N–H and O–H groups in total. The minimum absolute atomic E-state index is 0.0125. The number of benzene rings is 2. The molecule has 122 valence electrons. The zero-order chi connectivity index (χ0) is 17.2. The summed E-state index contributed by atoms with van der Waals surface area (Å²) < 4.78 is 26.3. The average molecular weight is 334 g/mol. The van der Waals surface area contributed by atoms with Crippen molar-refractivity contribution >= 4 is 21.4 Å². The Bertz CT molecular complexity index is 797. The summed E-state index contributed by atoms with van der Waals surface area (Å²) in [7, 11) is -2.30. The summed E-state index contributed by atoms with van der Waals surface area (Å²) in [5.74, 6) is 0.362. The number of sulfonamides is 1. The number of non-ortho nitro benzene ring substituents is 1. The smallest absolute Gasteiger partial charge is 0.269 e. The third-order valence-electron chi connectivity index (χ3n) is 3.63. The predicted molar refractivity (Wildman–Crippen MR) is 89.2 cm³/mol. The standard InChI is InChI=1S/C16H18N2O4S/c1-12(2)13-4-6-14(7-5-13)17(3)23(21,22)16-10-8-15(9-11-16)18(19)20/h4-12H,1-3H3. The maximum absolute atomic E-state index is 12.6. The molecule has 6 nitrogen and oxygen atoms in total. The first kappa shape index (κ1) is 17.0. The Labute approximate surface area is 135 Å². The van der Waals surface area contributed by atoms with Gasteiger partial charge in [-0.25, -0.2) is 8.42 Å². The largest absolute Gasteiger partial charge is 0.269 e. The highest BCUT2D eigenvalue weighted by Crippen LogP contribution is 2.25. The zero-order valence-corrected chi connectivity index (χ0v) is 13.9. The van der Waals surface area contributed by atoms with Crippen LogP contribution in [0.15, 0.2) is 53.4 Å². The molecule has 0 aliphatic carbocycles. The van der Waals surface area contributed by atoms with E-state index in [0.29, 0.717) is 11.6 Å². The van der Waals surface area contributed by atoms with Crippen LogP contribution in [0.5, 0.6) is 0 Å². The molecule has 0 saturated carbocycles. The van der Waals surface area contributed by atoms with Crippen molar-refractivity contribution < 1.29 is 13.3 Å². The summed E-state index contributed by atoms with van der Waals surface area (Å²) in [6, 6.07) is 12.1. The third kappa shape index (κ3) is 3.50. The van der Waals surface area contributed by atoms with E-state index in [1.165, 1.54) is 31.3 Å². The molecule has 2 rings (SSSR count). The summed E-state index contributed by atoms with van der Waals surface area (Å²) in [6.07, 6.45) is 0. The molecular weight excluding hydrogens is 316 g/mol. The molecule has 2 aromatic rings. The van der Waals surface area contributed by atoms with Gasteiger partial charge >= 0.3 is 0 Å². The SMILES string of the molecule is CC(C)c1ccc(N(C)S(=O)(=O)c2ccc([N+](=O)[O-])cc2)cc1. The Balaban J connectivity index is 2.32. The molecule has 0 fully saturated rings. The Morgan fingerprint density at radius 3 is 1.96 bits per heavy atom. The fourth-order valence-corrected chi connectivity index (χ4v) is 3.30. The summed E-state index contributed by atoms with van der Waals surface area (Å²) in [5.41, 5.74) is 1.51. The van der Waals surface area contributed by atoms with E-state index in [2.05, 4.69) is 13.8 Å². The van der Waals surface area contributed by atoms with Gasteiger partial charge in [0.2, 0.25) is 0 Å². The summed E-state index contributed by atoms with van der Waals surface area (Å²) >= 11 is 0. The van der Waals surface area contributed by atoms with Gasteiger partial charge in [0.1, 0.15) is 0 Å². The summed E-state index contributed by atoms with van der Waals surface area (Å²) in [4.78, 5) is 10.1. The maximum Gasteiger partial charge on any atom is 0.269 e. The molecule has 0 heterocycles. The minimum atomic E-state index is -3.76. The topological polar surface area (TPSA) is 80.5 Å². The fraction of sp³-hybridized carbons (Fsp3) is 0.250. The monoisotopic (exact) mass is 334 g/mol. The second-order valence-corrected chi connectivity index (χ2v) is 7.44. The van der Waals surface area contributed by atoms with E-state index in [0.717, 1.165) is 9.87 Å². The lowest BCUT2D eigenvalue weighted by molar-refractivity contribution is -0.384. The molecule has 0 aliphatic rings. The Kier molecular flexibility index (Phi) is 4.70. The van der Waals surface area contributed by atoms with Crippen molar-refractivity contribution in [3.05, 3.63) is 64.2 Å². The van der Waals surface area contributed by atoms with Crippen LogP contribution in [0, 0.1) is 10.1 Å². The first-order valence-electron chi connectivity index (χ1n) is 7.07. The molecule has 0 bridgehead atoms. The molecule has 0 amide bonds. The van der Waals surface area contributed by atoms with Gasteiger partial charge in [0.15, 0.2) is 0 Å². The highest BCUT2D eigenvalue weighted by molar-refractivity contribution is 7.92. The molecule has 0 spiro atoms. The number of nitro benzene ring substituents is 1. The highest BCUT2D eigenvalue weighted by atomic mass is 32.2. The van der Waals surface area contributed by atoms with E-state index in [9.17, 15) is 18.5 Å². The summed E-state index contributed by atoms with van der Waals surface area (Å²) in [6.45, 7) is 4.12. The first-order valence-corrected chi connectivity index (χ1v) is 8.51. The van der Waals surface area contributed by atoms with Gasteiger partial charge in [-0.15, -0.1) is 0 Å². The molecular formula is C16H18N2O4S. The Morgan fingerprint density at radius 1 is 1.00 bits per heavy atom. The molecule has 0 atom stereocenters. The zero-order valence-electron chi connectivity index (χ0n) is 13.1. The molecule has 0 radical (unpaired) electrons. The normalized spacial score (nSPS) is 11.5. The van der Waals surface area contributed by atoms with E-state index >= 15 is 0 Å². The van der Waals surface area contributed by atoms with Crippen LogP contribution in [0.25, 0.3) is 0 Å². The number of rotatable bonds is 5. The number of hydrogen-bond acceptors (Lipinski definition) is 4. The van der Waals surface area contributed by atoms with Crippen LogP contribution in [0.2, 0.25) is 0 Å². The van der Waals surface area contributed by atoms with E-state index in [1.54, 1.807) is 12.1 Å². The van der Waals surface area contributed by atoms with E-state index < -0.39 is 14.9 Å². The highest BCUT2D eigenvalue weighted by Gasteiger charge is 2.22. The van der Waals surface area contributed by atoms with Gasteiger partial charge in [0.25, 0.3) is 15.7 Å². The van der Waals surface area contributed by atoms with Gasteiger partial charge < -0.3 is 0 Å². The summed E-state index contributed by atoms with van der Waals surface area (Å²) in [5, 5.41) is 10.6. The molecule has 7 heteroatoms. The quantitative estimate of drug-likeness (QED) is 0.618. The second-order valence-electron chi connectivity index (χ2n) is 5.47. The second kappa shape index (κ2) is 6.37. The van der Waals surface area contributed by atoms with E-state index in [-0.39, 0.29) is 10.6 Å². The van der Waals surface area contributed by atoms with Crippen molar-refractivity contribution in [3.8, 4) is 0 Å². The van der Waals surface area contributed by atoms with Crippen LogP contribution < -0.4 is 4.31 Å². The van der Waals surface area contributed by atoms with Gasteiger partial charge in [-0.1, -0.05) is 26.0 Å². The lowest BCUT2D eigenvalue weighted by atomic mass is 10.0. The van der Waals surface area contributed by atoms with Gasteiger partial charge in [-0.2, -0.15) is 0 Å². The van der Waals surface area contributed by atoms with Crippen LogP contribution in [0.4, 0.5) is 11.4 Å². The Morgan fingerprint density at radius 2 is 1.52 bits per heavy atom.